The number of anilines is 1. The van der Waals surface area contributed by atoms with Crippen molar-refractivity contribution in [1.29, 1.82) is 0 Å². The number of hydrogen-bond acceptors (Lipinski definition) is 4. The third-order valence-electron chi connectivity index (χ3n) is 5.80. The highest BCUT2D eigenvalue weighted by atomic mass is 32.2. The van der Waals surface area contributed by atoms with Gasteiger partial charge in [-0.15, -0.1) is 0 Å². The molecule has 1 atom stereocenters. The summed E-state index contributed by atoms with van der Waals surface area (Å²) in [6.45, 7) is 2.54. The lowest BCUT2D eigenvalue weighted by Crippen LogP contribution is -2.30. The molecule has 6 nitrogen and oxygen atoms in total. The molecular weight excluding hydrogens is 400 g/mol. The fourth-order valence-electron chi connectivity index (χ4n) is 3.81. The topological polar surface area (TPSA) is 83.6 Å². The SMILES string of the molecule is C[C@@H](CC(=O)NCc1ccccc1)S(=O)(=O)c1ccc2c(c1)CCN2C(=O)C1CC1. The molecule has 2 aliphatic rings. The summed E-state index contributed by atoms with van der Waals surface area (Å²) in [7, 11) is -3.64. The van der Waals surface area contributed by atoms with Gasteiger partial charge in [0.15, 0.2) is 9.84 Å². The molecule has 1 fully saturated rings. The number of fused-ring (bicyclic) bond motifs is 1. The molecule has 0 unspecified atom stereocenters. The van der Waals surface area contributed by atoms with E-state index in [2.05, 4.69) is 5.32 Å². The summed E-state index contributed by atoms with van der Waals surface area (Å²) in [6.07, 6.45) is 2.45. The highest BCUT2D eigenvalue weighted by Crippen LogP contribution is 2.37. The Hall–Kier alpha value is -2.67. The molecule has 1 N–H and O–H groups in total. The molecule has 0 spiro atoms. The van der Waals surface area contributed by atoms with E-state index in [1.807, 2.05) is 30.3 Å². The normalized spacial score (nSPS) is 16.8. The molecule has 1 heterocycles. The summed E-state index contributed by atoms with van der Waals surface area (Å²) in [5, 5.41) is 1.95. The zero-order valence-corrected chi connectivity index (χ0v) is 17.8. The Morgan fingerprint density at radius 2 is 1.87 bits per heavy atom. The van der Waals surface area contributed by atoms with Crippen LogP contribution in [0.2, 0.25) is 0 Å². The fraction of sp³-hybridized carbons (Fsp3) is 0.391. The lowest BCUT2D eigenvalue weighted by Gasteiger charge is -2.18. The maximum absolute atomic E-state index is 13.0. The highest BCUT2D eigenvalue weighted by Gasteiger charge is 2.37. The standard InChI is InChI=1S/C23H26N2O4S/c1-16(13-22(26)24-15-17-5-3-2-4-6-17)30(28,29)20-9-10-21-19(14-20)11-12-25(21)23(27)18-7-8-18/h2-6,9-10,14,16,18H,7-8,11-13,15H2,1H3,(H,24,26)/t16-/m0/s1. The molecule has 7 heteroatoms. The first-order valence-corrected chi connectivity index (χ1v) is 11.9. The van der Waals surface area contributed by atoms with Gasteiger partial charge in [0.2, 0.25) is 11.8 Å². The van der Waals surface area contributed by atoms with Crippen molar-refractivity contribution in [3.8, 4) is 0 Å². The lowest BCUT2D eigenvalue weighted by molar-refractivity contribution is -0.121. The molecule has 0 bridgehead atoms. The van der Waals surface area contributed by atoms with E-state index < -0.39 is 15.1 Å². The second-order valence-corrected chi connectivity index (χ2v) is 10.5. The van der Waals surface area contributed by atoms with E-state index in [-0.39, 0.29) is 29.0 Å². The van der Waals surface area contributed by atoms with Crippen LogP contribution >= 0.6 is 0 Å². The van der Waals surface area contributed by atoms with Gasteiger partial charge in [-0.2, -0.15) is 0 Å². The van der Waals surface area contributed by atoms with Crippen LogP contribution in [0.25, 0.3) is 0 Å². The van der Waals surface area contributed by atoms with Crippen LogP contribution in [0, 0.1) is 5.92 Å². The number of nitrogens with zero attached hydrogens (tertiary/aromatic N) is 1. The molecule has 2 amide bonds. The van der Waals surface area contributed by atoms with Crippen LogP contribution in [-0.2, 0) is 32.4 Å². The van der Waals surface area contributed by atoms with Crippen molar-refractivity contribution in [2.45, 2.75) is 49.3 Å². The summed E-state index contributed by atoms with van der Waals surface area (Å²) >= 11 is 0. The second-order valence-electron chi connectivity index (χ2n) is 8.13. The smallest absolute Gasteiger partial charge is 0.230 e. The summed E-state index contributed by atoms with van der Waals surface area (Å²) in [5.41, 5.74) is 2.66. The molecule has 0 saturated heterocycles. The van der Waals surface area contributed by atoms with Crippen molar-refractivity contribution < 1.29 is 18.0 Å². The molecule has 0 aromatic heterocycles. The number of hydrogen-bond donors (Lipinski definition) is 1. The number of rotatable bonds is 7. The average Bonchev–Trinajstić information content (AvgIpc) is 3.51. The van der Waals surface area contributed by atoms with Gasteiger partial charge in [-0.05, 0) is 55.5 Å². The molecule has 1 aliphatic heterocycles. The summed E-state index contributed by atoms with van der Waals surface area (Å²) in [6, 6.07) is 14.5. The quantitative estimate of drug-likeness (QED) is 0.738. The van der Waals surface area contributed by atoms with E-state index in [0.29, 0.717) is 19.5 Å². The Bertz CT molecular complexity index is 1060. The zero-order valence-electron chi connectivity index (χ0n) is 17.0. The molecule has 2 aromatic rings. The van der Waals surface area contributed by atoms with Crippen molar-refractivity contribution >= 4 is 27.3 Å². The average molecular weight is 427 g/mol. The van der Waals surface area contributed by atoms with Crippen LogP contribution in [0.4, 0.5) is 5.69 Å². The number of amides is 2. The van der Waals surface area contributed by atoms with Crippen LogP contribution in [0.1, 0.15) is 37.3 Å². The fourth-order valence-corrected chi connectivity index (χ4v) is 5.21. The van der Waals surface area contributed by atoms with Gasteiger partial charge in [-0.1, -0.05) is 30.3 Å². The van der Waals surface area contributed by atoms with Gasteiger partial charge in [0.1, 0.15) is 0 Å². The van der Waals surface area contributed by atoms with Crippen molar-refractivity contribution in [3.05, 3.63) is 59.7 Å². The van der Waals surface area contributed by atoms with Crippen LogP contribution in [0.15, 0.2) is 53.4 Å². The molecule has 30 heavy (non-hydrogen) atoms. The van der Waals surface area contributed by atoms with Crippen molar-refractivity contribution in [2.24, 2.45) is 5.92 Å². The second kappa shape index (κ2) is 8.22. The summed E-state index contributed by atoms with van der Waals surface area (Å²) < 4.78 is 26.0. The van der Waals surface area contributed by atoms with E-state index in [0.717, 1.165) is 29.7 Å². The van der Waals surface area contributed by atoms with Crippen LogP contribution in [0.5, 0.6) is 0 Å². The first-order chi connectivity index (χ1) is 14.4. The Morgan fingerprint density at radius 1 is 1.13 bits per heavy atom. The minimum atomic E-state index is -3.64. The van der Waals surface area contributed by atoms with E-state index in [4.69, 9.17) is 0 Å². The van der Waals surface area contributed by atoms with Crippen molar-refractivity contribution in [1.82, 2.24) is 5.32 Å². The number of benzene rings is 2. The van der Waals surface area contributed by atoms with E-state index >= 15 is 0 Å². The molecule has 158 valence electrons. The van der Waals surface area contributed by atoms with Gasteiger partial charge in [0, 0.05) is 31.1 Å². The predicted molar refractivity (Wildman–Crippen MR) is 115 cm³/mol. The van der Waals surface area contributed by atoms with Gasteiger partial charge >= 0.3 is 0 Å². The largest absolute Gasteiger partial charge is 0.352 e. The number of carbonyl (C=O) groups is 2. The van der Waals surface area contributed by atoms with Crippen molar-refractivity contribution in [2.75, 3.05) is 11.4 Å². The van der Waals surface area contributed by atoms with Gasteiger partial charge in [-0.25, -0.2) is 8.42 Å². The maximum Gasteiger partial charge on any atom is 0.230 e. The Morgan fingerprint density at radius 3 is 2.57 bits per heavy atom. The Labute approximate surface area is 177 Å². The van der Waals surface area contributed by atoms with Crippen molar-refractivity contribution in [3.63, 3.8) is 0 Å². The predicted octanol–water partition coefficient (Wildman–Crippen LogP) is 2.85. The molecule has 4 rings (SSSR count). The molecule has 1 saturated carbocycles. The molecule has 0 radical (unpaired) electrons. The van der Waals surface area contributed by atoms with Gasteiger partial charge in [0.05, 0.1) is 10.1 Å². The summed E-state index contributed by atoms with van der Waals surface area (Å²) in [5.74, 6) is -0.0149. The third-order valence-corrected chi connectivity index (χ3v) is 7.94. The monoisotopic (exact) mass is 426 g/mol. The van der Waals surface area contributed by atoms with Gasteiger partial charge in [-0.3, -0.25) is 9.59 Å². The molecular formula is C23H26N2O4S. The zero-order chi connectivity index (χ0) is 21.3. The Kier molecular flexibility index (Phi) is 5.64. The first-order valence-electron chi connectivity index (χ1n) is 10.3. The molecule has 2 aromatic carbocycles. The third kappa shape index (κ3) is 4.26. The van der Waals surface area contributed by atoms with Crippen LogP contribution in [0.3, 0.4) is 0 Å². The minimum Gasteiger partial charge on any atom is -0.352 e. The summed E-state index contributed by atoms with van der Waals surface area (Å²) in [4.78, 5) is 26.7. The number of carbonyl (C=O) groups excluding carboxylic acids is 2. The number of nitrogens with one attached hydrogen (secondary N) is 1. The van der Waals surface area contributed by atoms with E-state index in [1.165, 1.54) is 0 Å². The Balaban J connectivity index is 1.41. The van der Waals surface area contributed by atoms with E-state index in [1.54, 1.807) is 30.0 Å². The molecule has 1 aliphatic carbocycles. The highest BCUT2D eigenvalue weighted by molar-refractivity contribution is 7.92. The van der Waals surface area contributed by atoms with Gasteiger partial charge in [0.25, 0.3) is 0 Å². The first kappa shape index (κ1) is 20.6. The van der Waals surface area contributed by atoms with Crippen LogP contribution in [-0.4, -0.2) is 32.0 Å². The van der Waals surface area contributed by atoms with E-state index in [9.17, 15) is 18.0 Å². The minimum absolute atomic E-state index is 0.0987. The lowest BCUT2D eigenvalue weighted by atomic mass is 10.2. The van der Waals surface area contributed by atoms with Crippen LogP contribution < -0.4 is 10.2 Å². The maximum atomic E-state index is 13.0. The number of sulfone groups is 1. The van der Waals surface area contributed by atoms with Gasteiger partial charge < -0.3 is 10.2 Å².